The van der Waals surface area contributed by atoms with Crippen LogP contribution in [0.4, 0.5) is 11.4 Å². The number of carbonyl (C=O) groups is 3. The molecule has 2 aromatic carbocycles. The number of anilines is 1. The molecule has 0 aliphatic carbocycles. The van der Waals surface area contributed by atoms with E-state index in [4.69, 9.17) is 0 Å². The first-order valence-corrected chi connectivity index (χ1v) is 11.3. The van der Waals surface area contributed by atoms with E-state index in [9.17, 15) is 24.5 Å². The number of nitrogens with zero attached hydrogens (tertiary/aromatic N) is 4. The molecule has 3 amide bonds. The minimum Gasteiger partial charge on any atom is -0.368 e. The van der Waals surface area contributed by atoms with Gasteiger partial charge in [0.2, 0.25) is 11.8 Å². The highest BCUT2D eigenvalue weighted by molar-refractivity contribution is 6.01. The number of piperazine rings is 2. The van der Waals surface area contributed by atoms with E-state index in [2.05, 4.69) is 10.2 Å². The highest BCUT2D eigenvalue weighted by atomic mass is 16.6. The Morgan fingerprint density at radius 2 is 1.74 bits per heavy atom. The van der Waals surface area contributed by atoms with Crippen molar-refractivity contribution in [1.29, 1.82) is 0 Å². The lowest BCUT2D eigenvalue weighted by atomic mass is 10.0. The minimum atomic E-state index is -0.959. The number of hydrogen-bond acceptors (Lipinski definition) is 6. The SMILES string of the molecule is Cc1c(C(=O)N2CCNC(=O)C2CC(=O)N2CCN(c3ccccc3)CC2)cccc1[N+](=O)[O-]. The first-order valence-electron chi connectivity index (χ1n) is 11.3. The second-order valence-electron chi connectivity index (χ2n) is 8.42. The zero-order valence-corrected chi connectivity index (χ0v) is 19.0. The molecule has 0 radical (unpaired) electrons. The van der Waals surface area contributed by atoms with Crippen molar-refractivity contribution >= 4 is 29.1 Å². The third kappa shape index (κ3) is 4.70. The molecule has 10 heteroatoms. The molecule has 0 aromatic heterocycles. The molecule has 10 nitrogen and oxygen atoms in total. The van der Waals surface area contributed by atoms with Crippen LogP contribution in [0, 0.1) is 17.0 Å². The molecule has 1 atom stereocenters. The lowest BCUT2D eigenvalue weighted by molar-refractivity contribution is -0.385. The van der Waals surface area contributed by atoms with Crippen molar-refractivity contribution in [3.05, 3.63) is 69.8 Å². The van der Waals surface area contributed by atoms with Crippen LogP contribution in [0.2, 0.25) is 0 Å². The lowest BCUT2D eigenvalue weighted by Crippen LogP contribution is -2.59. The Kier molecular flexibility index (Phi) is 6.76. The molecule has 2 aliphatic rings. The number of nitro benzene ring substituents is 1. The van der Waals surface area contributed by atoms with Gasteiger partial charge in [0.05, 0.1) is 11.3 Å². The van der Waals surface area contributed by atoms with Crippen molar-refractivity contribution in [3.8, 4) is 0 Å². The quantitative estimate of drug-likeness (QED) is 0.530. The summed E-state index contributed by atoms with van der Waals surface area (Å²) in [5.41, 5.74) is 1.35. The predicted molar refractivity (Wildman–Crippen MR) is 126 cm³/mol. The molecule has 2 aromatic rings. The Bertz CT molecular complexity index is 1100. The van der Waals surface area contributed by atoms with Crippen molar-refractivity contribution in [2.75, 3.05) is 44.2 Å². The third-order valence-electron chi connectivity index (χ3n) is 6.45. The number of carbonyl (C=O) groups excluding carboxylic acids is 3. The second-order valence-corrected chi connectivity index (χ2v) is 8.42. The van der Waals surface area contributed by atoms with Crippen molar-refractivity contribution in [2.45, 2.75) is 19.4 Å². The van der Waals surface area contributed by atoms with Crippen molar-refractivity contribution < 1.29 is 19.3 Å². The van der Waals surface area contributed by atoms with E-state index in [-0.39, 0.29) is 48.1 Å². The summed E-state index contributed by atoms with van der Waals surface area (Å²) in [4.78, 5) is 55.1. The van der Waals surface area contributed by atoms with E-state index in [1.165, 1.54) is 30.0 Å². The summed E-state index contributed by atoms with van der Waals surface area (Å²) < 4.78 is 0. The first-order chi connectivity index (χ1) is 16.4. The van der Waals surface area contributed by atoms with E-state index in [1.807, 2.05) is 30.3 Å². The molecule has 2 heterocycles. The summed E-state index contributed by atoms with van der Waals surface area (Å²) in [5.74, 6) is -1.06. The summed E-state index contributed by atoms with van der Waals surface area (Å²) in [5, 5.41) is 14.0. The highest BCUT2D eigenvalue weighted by Crippen LogP contribution is 2.24. The molecule has 4 rings (SSSR count). The zero-order chi connectivity index (χ0) is 24.2. The molecule has 0 spiro atoms. The van der Waals surface area contributed by atoms with Crippen LogP contribution < -0.4 is 10.2 Å². The van der Waals surface area contributed by atoms with Crippen LogP contribution in [-0.2, 0) is 9.59 Å². The van der Waals surface area contributed by atoms with Gasteiger partial charge in [0.15, 0.2) is 0 Å². The number of nitrogens with one attached hydrogen (secondary N) is 1. The molecule has 178 valence electrons. The summed E-state index contributed by atoms with van der Waals surface area (Å²) in [6, 6.07) is 13.3. The van der Waals surface area contributed by atoms with Crippen LogP contribution in [0.3, 0.4) is 0 Å². The van der Waals surface area contributed by atoms with Crippen LogP contribution in [0.1, 0.15) is 22.3 Å². The van der Waals surface area contributed by atoms with Crippen molar-refractivity contribution in [2.24, 2.45) is 0 Å². The maximum Gasteiger partial charge on any atom is 0.273 e. The molecular weight excluding hydrogens is 438 g/mol. The van der Waals surface area contributed by atoms with Gasteiger partial charge in [-0.15, -0.1) is 0 Å². The number of para-hydroxylation sites is 1. The molecule has 0 saturated carbocycles. The standard InChI is InChI=1S/C24H27N5O5/c1-17-19(8-5-9-20(17)29(33)34)24(32)28-11-10-25-23(31)21(28)16-22(30)27-14-12-26(13-15-27)18-6-3-2-4-7-18/h2-9,21H,10-16H2,1H3,(H,25,31). The first kappa shape index (κ1) is 23.2. The largest absolute Gasteiger partial charge is 0.368 e. The molecule has 1 unspecified atom stereocenters. The van der Waals surface area contributed by atoms with Gasteiger partial charge in [0.25, 0.3) is 11.6 Å². The van der Waals surface area contributed by atoms with Gasteiger partial charge in [-0.05, 0) is 25.1 Å². The topological polar surface area (TPSA) is 116 Å². The summed E-state index contributed by atoms with van der Waals surface area (Å²) in [6.45, 7) is 4.43. The molecule has 1 N–H and O–H groups in total. The summed E-state index contributed by atoms with van der Waals surface area (Å²) in [7, 11) is 0. The molecule has 2 fully saturated rings. The Hall–Kier alpha value is -3.95. The van der Waals surface area contributed by atoms with E-state index < -0.39 is 16.9 Å². The van der Waals surface area contributed by atoms with E-state index in [0.29, 0.717) is 26.2 Å². The zero-order valence-electron chi connectivity index (χ0n) is 19.0. The molecule has 2 saturated heterocycles. The number of hydrogen-bond donors (Lipinski definition) is 1. The van der Waals surface area contributed by atoms with Crippen molar-refractivity contribution in [3.63, 3.8) is 0 Å². The fourth-order valence-corrected chi connectivity index (χ4v) is 4.52. The number of rotatable bonds is 5. The maximum atomic E-state index is 13.3. The van der Waals surface area contributed by atoms with Crippen molar-refractivity contribution in [1.82, 2.24) is 15.1 Å². The number of amides is 3. The van der Waals surface area contributed by atoms with Gasteiger partial charge in [0, 0.05) is 62.1 Å². The van der Waals surface area contributed by atoms with Gasteiger partial charge in [-0.3, -0.25) is 24.5 Å². The van der Waals surface area contributed by atoms with Crippen LogP contribution in [0.25, 0.3) is 0 Å². The van der Waals surface area contributed by atoms with Gasteiger partial charge < -0.3 is 20.0 Å². The van der Waals surface area contributed by atoms with E-state index in [0.717, 1.165) is 5.69 Å². The lowest BCUT2D eigenvalue weighted by Gasteiger charge is -2.39. The second kappa shape index (κ2) is 9.90. The molecule has 0 bridgehead atoms. The highest BCUT2D eigenvalue weighted by Gasteiger charge is 2.37. The minimum absolute atomic E-state index is 0.128. The average Bonchev–Trinajstić information content (AvgIpc) is 2.85. The van der Waals surface area contributed by atoms with E-state index >= 15 is 0 Å². The van der Waals surface area contributed by atoms with E-state index in [1.54, 1.807) is 4.90 Å². The van der Waals surface area contributed by atoms with Gasteiger partial charge >= 0.3 is 0 Å². The third-order valence-corrected chi connectivity index (χ3v) is 6.45. The Balaban J connectivity index is 1.45. The molecule has 2 aliphatic heterocycles. The number of nitro groups is 1. The van der Waals surface area contributed by atoms with Gasteiger partial charge in [-0.25, -0.2) is 0 Å². The van der Waals surface area contributed by atoms with Crippen LogP contribution in [0.5, 0.6) is 0 Å². The Morgan fingerprint density at radius 3 is 2.41 bits per heavy atom. The monoisotopic (exact) mass is 465 g/mol. The number of benzene rings is 2. The average molecular weight is 466 g/mol. The fourth-order valence-electron chi connectivity index (χ4n) is 4.52. The molecule has 34 heavy (non-hydrogen) atoms. The van der Waals surface area contributed by atoms with Gasteiger partial charge in [0.1, 0.15) is 6.04 Å². The van der Waals surface area contributed by atoms with Crippen LogP contribution in [-0.4, -0.2) is 77.8 Å². The van der Waals surface area contributed by atoms with Gasteiger partial charge in [-0.2, -0.15) is 0 Å². The Morgan fingerprint density at radius 1 is 1.03 bits per heavy atom. The van der Waals surface area contributed by atoms with Crippen LogP contribution in [0.15, 0.2) is 48.5 Å². The maximum absolute atomic E-state index is 13.3. The normalized spacial score (nSPS) is 18.4. The molecular formula is C24H27N5O5. The Labute approximate surface area is 197 Å². The van der Waals surface area contributed by atoms with Gasteiger partial charge in [-0.1, -0.05) is 24.3 Å². The summed E-state index contributed by atoms with van der Waals surface area (Å²) in [6.07, 6.45) is -0.128. The fraction of sp³-hybridized carbons (Fsp3) is 0.375. The smallest absolute Gasteiger partial charge is 0.273 e. The summed E-state index contributed by atoms with van der Waals surface area (Å²) >= 11 is 0. The predicted octanol–water partition coefficient (Wildman–Crippen LogP) is 1.58. The van der Waals surface area contributed by atoms with Crippen LogP contribution >= 0.6 is 0 Å².